The molecule has 4 nitrogen and oxygen atoms in total. The summed E-state index contributed by atoms with van der Waals surface area (Å²) >= 11 is 11.5. The first-order chi connectivity index (χ1) is 7.72. The quantitative estimate of drug-likeness (QED) is 0.353. The van der Waals surface area contributed by atoms with E-state index in [9.17, 15) is 4.79 Å². The van der Waals surface area contributed by atoms with E-state index in [4.69, 9.17) is 23.2 Å². The molecule has 0 unspecified atom stereocenters. The summed E-state index contributed by atoms with van der Waals surface area (Å²) in [6.07, 6.45) is 3.12. The van der Waals surface area contributed by atoms with Gasteiger partial charge in [0.15, 0.2) is 0 Å². The predicted molar refractivity (Wildman–Crippen MR) is 61.5 cm³/mol. The van der Waals surface area contributed by atoms with Crippen LogP contribution in [0.1, 0.15) is 5.56 Å². The topological polar surface area (TPSA) is 51.5 Å². The van der Waals surface area contributed by atoms with Gasteiger partial charge in [-0.3, -0.25) is 0 Å². The van der Waals surface area contributed by atoms with Crippen LogP contribution >= 0.6 is 23.2 Å². The molecule has 0 amide bonds. The highest BCUT2D eigenvalue weighted by molar-refractivity contribution is 6.38. The number of hydrogen-bond donors (Lipinski definition) is 0. The lowest BCUT2D eigenvalue weighted by Gasteiger charge is -1.98. The molecule has 1 aromatic rings. The van der Waals surface area contributed by atoms with Crippen molar-refractivity contribution in [3.05, 3.63) is 34.6 Å². The summed E-state index contributed by atoms with van der Waals surface area (Å²) in [5, 5.41) is 3.85. The molecule has 2 rings (SSSR count). The van der Waals surface area contributed by atoms with E-state index < -0.39 is 5.97 Å². The third-order valence-electron chi connectivity index (χ3n) is 1.98. The Kier molecular flexibility index (Phi) is 3.22. The third-order valence-corrected chi connectivity index (χ3v) is 2.55. The van der Waals surface area contributed by atoms with Gasteiger partial charge in [-0.2, -0.15) is 0 Å². The van der Waals surface area contributed by atoms with E-state index in [0.717, 1.165) is 0 Å². The van der Waals surface area contributed by atoms with Crippen molar-refractivity contribution in [3.63, 3.8) is 0 Å². The highest BCUT2D eigenvalue weighted by Crippen LogP contribution is 2.20. The molecular weight excluding hydrogens is 251 g/mol. The van der Waals surface area contributed by atoms with E-state index in [2.05, 4.69) is 15.0 Å². The Morgan fingerprint density at radius 2 is 2.31 bits per heavy atom. The van der Waals surface area contributed by atoms with Crippen LogP contribution in [0.4, 0.5) is 0 Å². The zero-order valence-electron chi connectivity index (χ0n) is 7.98. The summed E-state index contributed by atoms with van der Waals surface area (Å²) in [6.45, 7) is 0. The maximum Gasteiger partial charge on any atom is 0.367 e. The number of nitrogens with zero attached hydrogens (tertiary/aromatic N) is 2. The van der Waals surface area contributed by atoms with Crippen molar-refractivity contribution < 1.29 is 9.63 Å². The van der Waals surface area contributed by atoms with Crippen molar-refractivity contribution >= 4 is 41.0 Å². The Labute approximate surface area is 102 Å². The number of aromatic nitrogens is 1. The zero-order valence-corrected chi connectivity index (χ0v) is 9.50. The molecule has 0 saturated carbocycles. The van der Waals surface area contributed by atoms with Gasteiger partial charge in [0, 0.05) is 11.8 Å². The molecule has 1 aromatic heterocycles. The average molecular weight is 257 g/mol. The second-order valence-corrected chi connectivity index (χ2v) is 3.62. The Morgan fingerprint density at radius 1 is 1.50 bits per heavy atom. The van der Waals surface area contributed by atoms with Crippen LogP contribution in [0.3, 0.4) is 0 Å². The lowest BCUT2D eigenvalue weighted by Crippen LogP contribution is -2.06. The lowest BCUT2D eigenvalue weighted by molar-refractivity contribution is -0.136. The highest BCUT2D eigenvalue weighted by Gasteiger charge is 2.24. The monoisotopic (exact) mass is 256 g/mol. The van der Waals surface area contributed by atoms with Gasteiger partial charge < -0.3 is 4.84 Å². The van der Waals surface area contributed by atoms with E-state index in [1.807, 2.05) is 0 Å². The summed E-state index contributed by atoms with van der Waals surface area (Å²) in [5.41, 5.74) is 1.33. The summed E-state index contributed by atoms with van der Waals surface area (Å²) < 4.78 is 0. The van der Waals surface area contributed by atoms with Crippen molar-refractivity contribution in [2.75, 3.05) is 5.88 Å². The molecule has 2 heterocycles. The highest BCUT2D eigenvalue weighted by atomic mass is 35.5. The molecular formula is C10H6Cl2N2O2. The lowest BCUT2D eigenvalue weighted by atomic mass is 10.1. The molecule has 1 aliphatic heterocycles. The summed E-state index contributed by atoms with van der Waals surface area (Å²) in [6, 6.07) is 3.45. The number of alkyl halides is 1. The minimum Gasteiger partial charge on any atom is -0.312 e. The van der Waals surface area contributed by atoms with E-state index >= 15 is 0 Å². The van der Waals surface area contributed by atoms with Crippen LogP contribution < -0.4 is 0 Å². The molecule has 0 spiro atoms. The Balaban J connectivity index is 2.41. The van der Waals surface area contributed by atoms with E-state index in [1.165, 1.54) is 0 Å². The van der Waals surface area contributed by atoms with Gasteiger partial charge in [0.25, 0.3) is 0 Å². The first kappa shape index (κ1) is 11.1. The Hall–Kier alpha value is -1.39. The van der Waals surface area contributed by atoms with Gasteiger partial charge in [0.05, 0.1) is 11.5 Å². The molecule has 0 N–H and O–H groups in total. The van der Waals surface area contributed by atoms with Gasteiger partial charge in [-0.25, -0.2) is 9.78 Å². The number of halogens is 2. The molecule has 16 heavy (non-hydrogen) atoms. The maximum atomic E-state index is 11.3. The standard InChI is InChI=1S/C10H6Cl2N2O2/c11-5-8-7(10(15)16-14-8)4-6-2-1-3-13-9(6)12/h1-4H,5H2. The Bertz CT molecular complexity index is 497. The molecule has 0 aromatic carbocycles. The third kappa shape index (κ3) is 2.08. The fraction of sp³-hybridized carbons (Fsp3) is 0.100. The van der Waals surface area contributed by atoms with E-state index in [0.29, 0.717) is 22.0 Å². The second kappa shape index (κ2) is 4.63. The molecule has 1 aliphatic rings. The fourth-order valence-electron chi connectivity index (χ4n) is 1.21. The number of carbonyl (C=O) groups is 1. The van der Waals surface area contributed by atoms with Gasteiger partial charge in [-0.15, -0.1) is 11.6 Å². The molecule has 82 valence electrons. The van der Waals surface area contributed by atoms with Gasteiger partial charge in [0.2, 0.25) is 0 Å². The number of oxime groups is 1. The molecule has 0 fully saturated rings. The normalized spacial score (nSPS) is 17.5. The van der Waals surface area contributed by atoms with Crippen LogP contribution in [0, 0.1) is 0 Å². The van der Waals surface area contributed by atoms with Crippen molar-refractivity contribution in [3.8, 4) is 0 Å². The predicted octanol–water partition coefficient (Wildman–Crippen LogP) is 2.27. The molecule has 6 heteroatoms. The van der Waals surface area contributed by atoms with Gasteiger partial charge in [-0.05, 0) is 12.1 Å². The molecule has 0 bridgehead atoms. The van der Waals surface area contributed by atoms with Gasteiger partial charge >= 0.3 is 5.97 Å². The zero-order chi connectivity index (χ0) is 11.5. The number of rotatable bonds is 2. The SMILES string of the molecule is O=C1ON=C(CCl)C1=Cc1cccnc1Cl. The largest absolute Gasteiger partial charge is 0.367 e. The van der Waals surface area contributed by atoms with Crippen molar-refractivity contribution in [1.29, 1.82) is 0 Å². The molecule has 0 atom stereocenters. The van der Waals surface area contributed by atoms with Crippen LogP contribution in [0.2, 0.25) is 5.15 Å². The minimum absolute atomic E-state index is 0.107. The van der Waals surface area contributed by atoms with Crippen LogP contribution in [-0.4, -0.2) is 22.5 Å². The smallest absolute Gasteiger partial charge is 0.312 e. The second-order valence-electron chi connectivity index (χ2n) is 2.99. The summed E-state index contributed by atoms with van der Waals surface area (Å²) in [4.78, 5) is 19.7. The fourth-order valence-corrected chi connectivity index (χ4v) is 1.58. The van der Waals surface area contributed by atoms with Crippen molar-refractivity contribution in [2.45, 2.75) is 0 Å². The summed E-state index contributed by atoms with van der Waals surface area (Å²) in [5.74, 6) is -0.425. The van der Waals surface area contributed by atoms with Crippen LogP contribution in [0.25, 0.3) is 6.08 Å². The first-order valence-electron chi connectivity index (χ1n) is 4.39. The number of carbonyl (C=O) groups excluding carboxylic acids is 1. The average Bonchev–Trinajstić information content (AvgIpc) is 2.63. The molecule has 0 saturated heterocycles. The summed E-state index contributed by atoms with van der Waals surface area (Å²) in [7, 11) is 0. The first-order valence-corrected chi connectivity index (χ1v) is 5.30. The molecule has 0 aliphatic carbocycles. The van der Waals surface area contributed by atoms with Crippen LogP contribution in [0.5, 0.6) is 0 Å². The van der Waals surface area contributed by atoms with Gasteiger partial charge in [-0.1, -0.05) is 22.8 Å². The minimum atomic E-state index is -0.532. The molecule has 0 radical (unpaired) electrons. The number of pyridine rings is 1. The number of hydrogen-bond acceptors (Lipinski definition) is 4. The van der Waals surface area contributed by atoms with Crippen LogP contribution in [0.15, 0.2) is 29.1 Å². The van der Waals surface area contributed by atoms with E-state index in [-0.39, 0.29) is 5.88 Å². The van der Waals surface area contributed by atoms with E-state index in [1.54, 1.807) is 24.4 Å². The van der Waals surface area contributed by atoms with Crippen molar-refractivity contribution in [1.82, 2.24) is 4.98 Å². The Morgan fingerprint density at radius 3 is 3.00 bits per heavy atom. The maximum absolute atomic E-state index is 11.3. The van der Waals surface area contributed by atoms with Gasteiger partial charge in [0.1, 0.15) is 10.9 Å². The van der Waals surface area contributed by atoms with Crippen molar-refractivity contribution in [2.24, 2.45) is 5.16 Å². The van der Waals surface area contributed by atoms with Crippen LogP contribution in [-0.2, 0) is 9.63 Å².